The number of piperazine rings is 1. The number of nitrogens with zero attached hydrogens (tertiary/aromatic N) is 2. The van der Waals surface area contributed by atoms with Gasteiger partial charge in [-0.1, -0.05) is 13.0 Å². The molecule has 1 aliphatic rings. The summed E-state index contributed by atoms with van der Waals surface area (Å²) in [7, 11) is 0. The van der Waals surface area contributed by atoms with Gasteiger partial charge in [0.15, 0.2) is 0 Å². The Hall–Kier alpha value is -1.29. The molecule has 1 heterocycles. The molecular formula is C13H20FN3. The van der Waals surface area contributed by atoms with Crippen molar-refractivity contribution in [2.75, 3.05) is 36.8 Å². The molecule has 1 saturated heterocycles. The number of likely N-dealkylation sites (N-methyl/N-ethyl adjacent to an activating group) is 1. The average Bonchev–Trinajstić information content (AvgIpc) is 2.32. The lowest BCUT2D eigenvalue weighted by atomic mass is 10.1. The van der Waals surface area contributed by atoms with Gasteiger partial charge in [0.05, 0.1) is 11.4 Å². The molecule has 0 bridgehead atoms. The van der Waals surface area contributed by atoms with Crippen molar-refractivity contribution in [2.45, 2.75) is 19.9 Å². The van der Waals surface area contributed by atoms with Crippen molar-refractivity contribution >= 4 is 11.4 Å². The quantitative estimate of drug-likeness (QED) is 0.798. The minimum absolute atomic E-state index is 0.268. The van der Waals surface area contributed by atoms with E-state index >= 15 is 0 Å². The third-order valence-corrected chi connectivity index (χ3v) is 3.54. The van der Waals surface area contributed by atoms with Gasteiger partial charge in [0.1, 0.15) is 5.82 Å². The number of rotatable bonds is 2. The second-order valence-electron chi connectivity index (χ2n) is 4.60. The molecule has 3 nitrogen and oxygen atoms in total. The number of anilines is 2. The first-order chi connectivity index (χ1) is 8.13. The van der Waals surface area contributed by atoms with E-state index < -0.39 is 0 Å². The van der Waals surface area contributed by atoms with E-state index in [0.29, 0.717) is 6.04 Å². The smallest absolute Gasteiger partial charge is 0.148 e. The van der Waals surface area contributed by atoms with Crippen molar-refractivity contribution in [3.8, 4) is 0 Å². The van der Waals surface area contributed by atoms with Crippen LogP contribution in [-0.4, -0.2) is 37.1 Å². The lowest BCUT2D eigenvalue weighted by Crippen LogP contribution is -2.51. The number of hydrogen-bond acceptors (Lipinski definition) is 3. The van der Waals surface area contributed by atoms with Crippen LogP contribution in [0.4, 0.5) is 15.8 Å². The van der Waals surface area contributed by atoms with E-state index in [-0.39, 0.29) is 11.5 Å². The third-order valence-electron chi connectivity index (χ3n) is 3.54. The highest BCUT2D eigenvalue weighted by atomic mass is 19.1. The number of benzene rings is 1. The van der Waals surface area contributed by atoms with Crippen LogP contribution in [0.2, 0.25) is 0 Å². The Bertz CT molecular complexity index is 394. The molecule has 0 saturated carbocycles. The molecule has 1 unspecified atom stereocenters. The zero-order chi connectivity index (χ0) is 12.4. The number of nitrogens with two attached hydrogens (primary N) is 1. The highest BCUT2D eigenvalue weighted by molar-refractivity contribution is 5.68. The van der Waals surface area contributed by atoms with E-state index in [1.54, 1.807) is 6.07 Å². The minimum atomic E-state index is -0.326. The van der Waals surface area contributed by atoms with E-state index in [1.165, 1.54) is 6.07 Å². The normalized spacial score (nSPS) is 21.8. The summed E-state index contributed by atoms with van der Waals surface area (Å²) in [6.45, 7) is 8.25. The summed E-state index contributed by atoms with van der Waals surface area (Å²) in [5.74, 6) is -0.326. The van der Waals surface area contributed by atoms with Crippen LogP contribution in [0.25, 0.3) is 0 Å². The van der Waals surface area contributed by atoms with Crippen LogP contribution in [0, 0.1) is 5.82 Å². The van der Waals surface area contributed by atoms with Crippen LogP contribution in [-0.2, 0) is 0 Å². The lowest BCUT2D eigenvalue weighted by Gasteiger charge is -2.40. The average molecular weight is 237 g/mol. The maximum absolute atomic E-state index is 13.4. The molecule has 1 aromatic carbocycles. The topological polar surface area (TPSA) is 32.5 Å². The Balaban J connectivity index is 2.16. The summed E-state index contributed by atoms with van der Waals surface area (Å²) in [6, 6.07) is 5.51. The molecule has 2 rings (SSSR count). The van der Waals surface area contributed by atoms with Crippen LogP contribution in [0.1, 0.15) is 13.8 Å². The molecule has 0 radical (unpaired) electrons. The zero-order valence-corrected chi connectivity index (χ0v) is 10.5. The summed E-state index contributed by atoms with van der Waals surface area (Å²) < 4.78 is 13.4. The number of para-hydroxylation sites is 1. The Labute approximate surface area is 102 Å². The Morgan fingerprint density at radius 1 is 1.41 bits per heavy atom. The fraction of sp³-hybridized carbons (Fsp3) is 0.538. The van der Waals surface area contributed by atoms with Crippen molar-refractivity contribution in [2.24, 2.45) is 0 Å². The molecule has 0 spiro atoms. The van der Waals surface area contributed by atoms with Crippen molar-refractivity contribution in [1.29, 1.82) is 0 Å². The van der Waals surface area contributed by atoms with Gasteiger partial charge < -0.3 is 10.6 Å². The highest BCUT2D eigenvalue weighted by Gasteiger charge is 2.23. The van der Waals surface area contributed by atoms with E-state index in [9.17, 15) is 4.39 Å². The van der Waals surface area contributed by atoms with Crippen molar-refractivity contribution in [1.82, 2.24) is 4.90 Å². The second-order valence-corrected chi connectivity index (χ2v) is 4.60. The predicted octanol–water partition coefficient (Wildman–Crippen LogP) is 1.94. The molecule has 1 atom stereocenters. The predicted molar refractivity (Wildman–Crippen MR) is 69.7 cm³/mol. The number of hydrogen-bond donors (Lipinski definition) is 1. The summed E-state index contributed by atoms with van der Waals surface area (Å²) in [5.41, 5.74) is 6.89. The van der Waals surface area contributed by atoms with Gasteiger partial charge in [0, 0.05) is 25.7 Å². The first kappa shape index (κ1) is 12.2. The standard InChI is InChI=1S/C13H20FN3/c1-3-16-7-8-17(9-10(16)2)12-6-4-5-11(14)13(12)15/h4-6,10H,3,7-9,15H2,1-2H3. The van der Waals surface area contributed by atoms with Gasteiger partial charge >= 0.3 is 0 Å². The molecule has 17 heavy (non-hydrogen) atoms. The minimum Gasteiger partial charge on any atom is -0.395 e. The Morgan fingerprint density at radius 2 is 2.18 bits per heavy atom. The molecule has 1 aliphatic heterocycles. The largest absolute Gasteiger partial charge is 0.395 e. The molecule has 1 fully saturated rings. The van der Waals surface area contributed by atoms with Crippen molar-refractivity contribution < 1.29 is 4.39 Å². The Morgan fingerprint density at radius 3 is 2.82 bits per heavy atom. The maximum Gasteiger partial charge on any atom is 0.148 e. The number of nitrogen functional groups attached to an aromatic ring is 1. The SMILES string of the molecule is CCN1CCN(c2cccc(F)c2N)CC1C. The van der Waals surface area contributed by atoms with E-state index in [1.807, 2.05) is 6.07 Å². The van der Waals surface area contributed by atoms with Crippen molar-refractivity contribution in [3.05, 3.63) is 24.0 Å². The Kier molecular flexibility index (Phi) is 3.52. The number of halogens is 1. The fourth-order valence-electron chi connectivity index (χ4n) is 2.49. The molecular weight excluding hydrogens is 217 g/mol. The molecule has 0 amide bonds. The summed E-state index contributed by atoms with van der Waals surface area (Å²) in [4.78, 5) is 4.60. The van der Waals surface area contributed by atoms with Gasteiger partial charge in [-0.2, -0.15) is 0 Å². The molecule has 0 aliphatic carbocycles. The van der Waals surface area contributed by atoms with Crippen LogP contribution in [0.3, 0.4) is 0 Å². The van der Waals surface area contributed by atoms with Crippen LogP contribution in [0.15, 0.2) is 18.2 Å². The highest BCUT2D eigenvalue weighted by Crippen LogP contribution is 2.27. The van der Waals surface area contributed by atoms with Crippen molar-refractivity contribution in [3.63, 3.8) is 0 Å². The first-order valence-electron chi connectivity index (χ1n) is 6.16. The maximum atomic E-state index is 13.4. The summed E-state index contributed by atoms with van der Waals surface area (Å²) in [5, 5.41) is 0. The monoisotopic (exact) mass is 237 g/mol. The lowest BCUT2D eigenvalue weighted by molar-refractivity contribution is 0.199. The fourth-order valence-corrected chi connectivity index (χ4v) is 2.49. The van der Waals surface area contributed by atoms with Crippen LogP contribution in [0.5, 0.6) is 0 Å². The summed E-state index contributed by atoms with van der Waals surface area (Å²) >= 11 is 0. The first-order valence-corrected chi connectivity index (χ1v) is 6.16. The van der Waals surface area contributed by atoms with Gasteiger partial charge in [0.2, 0.25) is 0 Å². The van der Waals surface area contributed by atoms with E-state index in [2.05, 4.69) is 23.6 Å². The van der Waals surface area contributed by atoms with Gasteiger partial charge in [-0.3, -0.25) is 4.90 Å². The van der Waals surface area contributed by atoms with E-state index in [4.69, 9.17) is 5.73 Å². The molecule has 94 valence electrons. The molecule has 4 heteroatoms. The molecule has 0 aromatic heterocycles. The van der Waals surface area contributed by atoms with Crippen LogP contribution >= 0.6 is 0 Å². The van der Waals surface area contributed by atoms with Gasteiger partial charge in [-0.15, -0.1) is 0 Å². The molecule has 1 aromatic rings. The third kappa shape index (κ3) is 2.36. The molecule has 2 N–H and O–H groups in total. The van der Waals surface area contributed by atoms with E-state index in [0.717, 1.165) is 31.9 Å². The zero-order valence-electron chi connectivity index (χ0n) is 10.5. The van der Waals surface area contributed by atoms with Gasteiger partial charge in [0.25, 0.3) is 0 Å². The van der Waals surface area contributed by atoms with Crippen LogP contribution < -0.4 is 10.6 Å². The van der Waals surface area contributed by atoms with Gasteiger partial charge in [-0.05, 0) is 25.6 Å². The summed E-state index contributed by atoms with van der Waals surface area (Å²) in [6.07, 6.45) is 0. The van der Waals surface area contributed by atoms with Gasteiger partial charge in [-0.25, -0.2) is 4.39 Å². The second kappa shape index (κ2) is 4.92.